The minimum absolute atomic E-state index is 0.0772. The first-order chi connectivity index (χ1) is 15.5. The highest BCUT2D eigenvalue weighted by Crippen LogP contribution is 2.67. The van der Waals surface area contributed by atoms with Gasteiger partial charge < -0.3 is 15.1 Å². The molecule has 0 spiro atoms. The average Bonchev–Trinajstić information content (AvgIpc) is 3.08. The lowest BCUT2D eigenvalue weighted by atomic mass is 9.51. The molecule has 2 unspecified atom stereocenters. The second-order valence-electron chi connectivity index (χ2n) is 10.2. The number of fused-ring (bicyclic) bond motifs is 4. The van der Waals surface area contributed by atoms with Gasteiger partial charge in [-0.1, -0.05) is 48.8 Å². The molecule has 0 amide bonds. The summed E-state index contributed by atoms with van der Waals surface area (Å²) in [5.74, 6) is 3.30. The molecule has 5 rings (SSSR count). The van der Waals surface area contributed by atoms with Gasteiger partial charge in [0, 0.05) is 23.5 Å². The molecule has 4 aliphatic rings. The van der Waals surface area contributed by atoms with Crippen molar-refractivity contribution in [1.82, 2.24) is 0 Å². The maximum Gasteiger partial charge on any atom is 0.0913 e. The number of allylic oxidation sites excluding steroid dienone is 2. The third-order valence-corrected chi connectivity index (χ3v) is 9.98. The standard InChI is InChI=1S/C27H35NO3S/c1-3-32-17-27(29)12-10-24-22-9-8-20-16-31-13-11-21(20)25(22)23(14-26(24,27)2)19-6-4-18(5-7-19)15-28-30/h4-7,15-16,22-24,29-30H,3,8-14,17H2,1-2H3/b28-15+/t22?,23-,24?,26+,27-/m1/s1. The van der Waals surface area contributed by atoms with E-state index in [4.69, 9.17) is 9.94 Å². The Morgan fingerprint density at radius 1 is 1.22 bits per heavy atom. The van der Waals surface area contributed by atoms with Gasteiger partial charge in [0.1, 0.15) is 0 Å². The highest BCUT2D eigenvalue weighted by atomic mass is 32.2. The lowest BCUT2D eigenvalue weighted by molar-refractivity contribution is -0.0759. The Labute approximate surface area is 195 Å². The third kappa shape index (κ3) is 3.43. The number of hydrogen-bond donors (Lipinski definition) is 2. The van der Waals surface area contributed by atoms with E-state index in [1.807, 2.05) is 30.2 Å². The zero-order valence-corrected chi connectivity index (χ0v) is 20.0. The van der Waals surface area contributed by atoms with Crippen LogP contribution < -0.4 is 0 Å². The van der Waals surface area contributed by atoms with Gasteiger partial charge >= 0.3 is 0 Å². The molecule has 3 aliphatic carbocycles. The number of aliphatic hydroxyl groups is 1. The van der Waals surface area contributed by atoms with E-state index in [0.29, 0.717) is 17.8 Å². The van der Waals surface area contributed by atoms with Crippen molar-refractivity contribution < 1.29 is 15.1 Å². The van der Waals surface area contributed by atoms with Gasteiger partial charge in [-0.2, -0.15) is 11.8 Å². The second kappa shape index (κ2) is 8.57. The van der Waals surface area contributed by atoms with Crippen LogP contribution in [0.15, 0.2) is 52.4 Å². The lowest BCUT2D eigenvalue weighted by Gasteiger charge is -2.55. The second-order valence-corrected chi connectivity index (χ2v) is 11.5. The van der Waals surface area contributed by atoms with E-state index >= 15 is 0 Å². The summed E-state index contributed by atoms with van der Waals surface area (Å²) in [6, 6.07) is 8.48. The summed E-state index contributed by atoms with van der Waals surface area (Å²) in [4.78, 5) is 0. The smallest absolute Gasteiger partial charge is 0.0913 e. The van der Waals surface area contributed by atoms with Gasteiger partial charge in [0.05, 0.1) is 24.7 Å². The molecule has 1 aromatic rings. The highest BCUT2D eigenvalue weighted by Gasteiger charge is 2.62. The molecule has 1 aliphatic heterocycles. The van der Waals surface area contributed by atoms with Crippen LogP contribution in [-0.2, 0) is 4.74 Å². The van der Waals surface area contributed by atoms with Crippen LogP contribution in [-0.4, -0.2) is 40.2 Å². The molecule has 0 saturated heterocycles. The van der Waals surface area contributed by atoms with Crippen LogP contribution in [0.2, 0.25) is 0 Å². The number of thioether (sulfide) groups is 1. The first kappa shape index (κ1) is 22.1. The first-order valence-corrected chi connectivity index (χ1v) is 13.3. The largest absolute Gasteiger partial charge is 0.501 e. The molecule has 2 fully saturated rings. The van der Waals surface area contributed by atoms with Crippen LogP contribution >= 0.6 is 11.8 Å². The Bertz CT molecular complexity index is 952. The summed E-state index contributed by atoms with van der Waals surface area (Å²) < 4.78 is 5.71. The molecular formula is C27H35NO3S. The number of nitrogens with zero attached hydrogens (tertiary/aromatic N) is 1. The Morgan fingerprint density at radius 3 is 2.78 bits per heavy atom. The maximum absolute atomic E-state index is 12.0. The molecule has 2 N–H and O–H groups in total. The zero-order valence-electron chi connectivity index (χ0n) is 19.2. The van der Waals surface area contributed by atoms with E-state index < -0.39 is 5.60 Å². The van der Waals surface area contributed by atoms with E-state index in [1.165, 1.54) is 17.4 Å². The predicted octanol–water partition coefficient (Wildman–Crippen LogP) is 5.89. The molecule has 0 bridgehead atoms. The Hall–Kier alpha value is -1.72. The summed E-state index contributed by atoms with van der Waals surface area (Å²) in [7, 11) is 0. The summed E-state index contributed by atoms with van der Waals surface area (Å²) in [6.45, 7) is 5.34. The molecular weight excluding hydrogens is 418 g/mol. The van der Waals surface area contributed by atoms with Crippen molar-refractivity contribution in [2.45, 2.75) is 63.9 Å². The van der Waals surface area contributed by atoms with E-state index in [1.54, 1.807) is 11.1 Å². The molecule has 5 heteroatoms. The van der Waals surface area contributed by atoms with Gasteiger partial charge in [-0.3, -0.25) is 0 Å². The van der Waals surface area contributed by atoms with Gasteiger partial charge in [0.15, 0.2) is 0 Å². The summed E-state index contributed by atoms with van der Waals surface area (Å²) in [5, 5.41) is 24.0. The van der Waals surface area contributed by atoms with Gasteiger partial charge in [-0.05, 0) is 72.0 Å². The normalized spacial score (nSPS) is 36.3. The third-order valence-electron chi connectivity index (χ3n) is 8.89. The van der Waals surface area contributed by atoms with E-state index in [2.05, 4.69) is 31.1 Å². The molecule has 0 aromatic heterocycles. The van der Waals surface area contributed by atoms with Gasteiger partial charge in [0.25, 0.3) is 0 Å². The van der Waals surface area contributed by atoms with Crippen molar-refractivity contribution in [2.24, 2.45) is 22.4 Å². The number of oxime groups is 1. The number of benzene rings is 1. The minimum Gasteiger partial charge on any atom is -0.501 e. The van der Waals surface area contributed by atoms with Crippen LogP contribution in [0.25, 0.3) is 0 Å². The lowest BCUT2D eigenvalue weighted by Crippen LogP contribution is -2.53. The Balaban J connectivity index is 1.61. The molecule has 4 nitrogen and oxygen atoms in total. The van der Waals surface area contributed by atoms with Crippen molar-refractivity contribution in [3.05, 3.63) is 58.4 Å². The maximum atomic E-state index is 12.0. The van der Waals surface area contributed by atoms with E-state index in [9.17, 15) is 5.11 Å². The first-order valence-electron chi connectivity index (χ1n) is 12.1. The molecule has 172 valence electrons. The summed E-state index contributed by atoms with van der Waals surface area (Å²) >= 11 is 1.88. The van der Waals surface area contributed by atoms with Crippen molar-refractivity contribution in [1.29, 1.82) is 0 Å². The van der Waals surface area contributed by atoms with E-state index in [0.717, 1.165) is 62.2 Å². The fourth-order valence-electron chi connectivity index (χ4n) is 7.22. The number of ether oxygens (including phenoxy) is 1. The van der Waals surface area contributed by atoms with Gasteiger partial charge in [0.2, 0.25) is 0 Å². The van der Waals surface area contributed by atoms with Gasteiger partial charge in [-0.15, -0.1) is 0 Å². The van der Waals surface area contributed by atoms with Crippen molar-refractivity contribution in [3.8, 4) is 0 Å². The fourth-order valence-corrected chi connectivity index (χ4v) is 8.24. The van der Waals surface area contributed by atoms with Crippen molar-refractivity contribution >= 4 is 18.0 Å². The molecule has 2 saturated carbocycles. The van der Waals surface area contributed by atoms with E-state index in [-0.39, 0.29) is 5.41 Å². The molecule has 1 aromatic carbocycles. The van der Waals surface area contributed by atoms with Crippen LogP contribution in [0.4, 0.5) is 0 Å². The topological polar surface area (TPSA) is 62.0 Å². The average molecular weight is 454 g/mol. The molecule has 1 heterocycles. The van der Waals surface area contributed by atoms with Crippen LogP contribution in [0, 0.1) is 17.3 Å². The van der Waals surface area contributed by atoms with Crippen molar-refractivity contribution in [2.75, 3.05) is 18.1 Å². The van der Waals surface area contributed by atoms with Crippen molar-refractivity contribution in [3.63, 3.8) is 0 Å². The van der Waals surface area contributed by atoms with Crippen LogP contribution in [0.3, 0.4) is 0 Å². The molecule has 5 atom stereocenters. The minimum atomic E-state index is -0.595. The Morgan fingerprint density at radius 2 is 2.03 bits per heavy atom. The fraction of sp³-hybridized carbons (Fsp3) is 0.593. The van der Waals surface area contributed by atoms with Gasteiger partial charge in [-0.25, -0.2) is 0 Å². The zero-order chi connectivity index (χ0) is 22.3. The highest BCUT2D eigenvalue weighted by molar-refractivity contribution is 7.99. The SMILES string of the molecule is CCSC[C@]1(O)CCC2C3CCC4=COCCC4=C3[C@@H](c3ccc(/C=N/O)cc3)C[C@@]21C. The predicted molar refractivity (Wildman–Crippen MR) is 130 cm³/mol. The number of hydrogen-bond acceptors (Lipinski definition) is 5. The summed E-state index contributed by atoms with van der Waals surface area (Å²) in [5.41, 5.74) is 6.11. The summed E-state index contributed by atoms with van der Waals surface area (Å²) in [6.07, 6.45) is 9.80. The molecule has 32 heavy (non-hydrogen) atoms. The quantitative estimate of drug-likeness (QED) is 0.331. The number of rotatable bonds is 5. The van der Waals surface area contributed by atoms with Crippen LogP contribution in [0.5, 0.6) is 0 Å². The Kier molecular flexibility index (Phi) is 5.91. The monoisotopic (exact) mass is 453 g/mol. The molecule has 0 radical (unpaired) electrons. The van der Waals surface area contributed by atoms with Crippen LogP contribution in [0.1, 0.15) is 69.4 Å².